The number of para-hydroxylation sites is 1. The summed E-state index contributed by atoms with van der Waals surface area (Å²) < 4.78 is 12.7. The summed E-state index contributed by atoms with van der Waals surface area (Å²) >= 11 is 0. The average molecular weight is 616 g/mol. The van der Waals surface area contributed by atoms with Crippen molar-refractivity contribution in [3.05, 3.63) is 152 Å². The molecule has 0 saturated heterocycles. The zero-order valence-electron chi connectivity index (χ0n) is 25.6. The van der Waals surface area contributed by atoms with E-state index < -0.39 is 0 Å². The molecule has 48 heavy (non-hydrogen) atoms. The van der Waals surface area contributed by atoms with Gasteiger partial charge in [-0.25, -0.2) is 15.0 Å². The van der Waals surface area contributed by atoms with Crippen molar-refractivity contribution in [3.8, 4) is 45.3 Å². The Kier molecular flexibility index (Phi) is 5.81. The van der Waals surface area contributed by atoms with Gasteiger partial charge in [-0.05, 0) is 58.3 Å². The number of hydrogen-bond donors (Lipinski definition) is 0. The standard InChI is InChI=1S/C43H25N3O2/c1-3-11-26(12-4-1)41-44-42(27-13-5-2-6-14-27)46-43(45-41)33-17-10-20-37-40(33)34-24-30-23-29(22-21-28(30)25-38(34)48-37)31-16-9-19-36-39(31)32-15-7-8-18-35(32)47-36/h1-25H. The molecule has 0 atom stereocenters. The largest absolute Gasteiger partial charge is 0.456 e. The minimum atomic E-state index is 0.600. The summed E-state index contributed by atoms with van der Waals surface area (Å²) in [5.41, 5.74) is 8.42. The van der Waals surface area contributed by atoms with Crippen molar-refractivity contribution >= 4 is 54.6 Å². The second-order valence-corrected chi connectivity index (χ2v) is 12.0. The number of benzene rings is 7. The average Bonchev–Trinajstić information content (AvgIpc) is 3.72. The van der Waals surface area contributed by atoms with Gasteiger partial charge in [0.2, 0.25) is 0 Å². The highest BCUT2D eigenvalue weighted by Crippen LogP contribution is 2.41. The van der Waals surface area contributed by atoms with E-state index in [1.54, 1.807) is 0 Å². The number of aromatic nitrogens is 3. The minimum absolute atomic E-state index is 0.600. The Morgan fingerprint density at radius 1 is 0.333 bits per heavy atom. The zero-order valence-corrected chi connectivity index (χ0v) is 25.6. The van der Waals surface area contributed by atoms with Crippen LogP contribution in [-0.4, -0.2) is 15.0 Å². The molecule has 3 heterocycles. The molecule has 0 spiro atoms. The highest BCUT2D eigenvalue weighted by Gasteiger charge is 2.19. The van der Waals surface area contributed by atoms with Gasteiger partial charge in [0.25, 0.3) is 0 Å². The van der Waals surface area contributed by atoms with Crippen molar-refractivity contribution in [1.29, 1.82) is 0 Å². The van der Waals surface area contributed by atoms with Gasteiger partial charge >= 0.3 is 0 Å². The Bertz CT molecular complexity index is 2780. The van der Waals surface area contributed by atoms with Gasteiger partial charge in [0.05, 0.1) is 0 Å². The van der Waals surface area contributed by atoms with Crippen molar-refractivity contribution in [2.45, 2.75) is 0 Å². The predicted octanol–water partition coefficient (Wildman–Crippen LogP) is 11.5. The normalized spacial score (nSPS) is 11.8. The van der Waals surface area contributed by atoms with Crippen LogP contribution in [0.5, 0.6) is 0 Å². The zero-order chi connectivity index (χ0) is 31.6. The summed E-state index contributed by atoms with van der Waals surface area (Å²) in [5, 5.41) is 6.46. The van der Waals surface area contributed by atoms with Crippen LogP contribution in [0.1, 0.15) is 0 Å². The molecule has 5 heteroatoms. The van der Waals surface area contributed by atoms with E-state index in [1.807, 2.05) is 91.0 Å². The van der Waals surface area contributed by atoms with Gasteiger partial charge in [-0.15, -0.1) is 0 Å². The van der Waals surface area contributed by atoms with E-state index in [4.69, 9.17) is 23.8 Å². The van der Waals surface area contributed by atoms with Gasteiger partial charge < -0.3 is 8.83 Å². The van der Waals surface area contributed by atoms with E-state index in [-0.39, 0.29) is 0 Å². The SMILES string of the molecule is c1ccc(-c2nc(-c3ccccc3)nc(-c3cccc4oc5cc6ccc(-c7cccc8oc9ccccc9c78)cc6cc5c34)n2)cc1. The number of hydrogen-bond acceptors (Lipinski definition) is 5. The Balaban J connectivity index is 1.19. The van der Waals surface area contributed by atoms with Gasteiger partial charge in [0, 0.05) is 38.2 Å². The number of rotatable bonds is 4. The molecule has 10 rings (SSSR count). The highest BCUT2D eigenvalue weighted by atomic mass is 16.3. The number of nitrogens with zero attached hydrogens (tertiary/aromatic N) is 3. The molecule has 0 N–H and O–H groups in total. The first kappa shape index (κ1) is 26.6. The fourth-order valence-electron chi connectivity index (χ4n) is 6.87. The molecular weight excluding hydrogens is 590 g/mol. The Labute approximate surface area is 274 Å². The Morgan fingerprint density at radius 2 is 0.917 bits per heavy atom. The van der Waals surface area contributed by atoms with Gasteiger partial charge in [-0.1, -0.05) is 115 Å². The smallest absolute Gasteiger partial charge is 0.164 e. The third kappa shape index (κ3) is 4.22. The quantitative estimate of drug-likeness (QED) is 0.197. The fourth-order valence-corrected chi connectivity index (χ4v) is 6.87. The van der Waals surface area contributed by atoms with E-state index in [2.05, 4.69) is 60.7 Å². The van der Waals surface area contributed by atoms with E-state index in [9.17, 15) is 0 Å². The third-order valence-corrected chi connectivity index (χ3v) is 9.11. The molecule has 0 amide bonds. The molecule has 3 aromatic heterocycles. The molecule has 10 aromatic rings. The van der Waals surface area contributed by atoms with Gasteiger partial charge in [-0.3, -0.25) is 0 Å². The first-order chi connectivity index (χ1) is 23.8. The predicted molar refractivity (Wildman–Crippen MR) is 194 cm³/mol. The molecular formula is C43H25N3O2. The molecule has 0 saturated carbocycles. The maximum Gasteiger partial charge on any atom is 0.164 e. The summed E-state index contributed by atoms with van der Waals surface area (Å²) in [6.07, 6.45) is 0. The van der Waals surface area contributed by atoms with Gasteiger partial charge in [-0.2, -0.15) is 0 Å². The van der Waals surface area contributed by atoms with Crippen molar-refractivity contribution in [2.75, 3.05) is 0 Å². The highest BCUT2D eigenvalue weighted by molar-refractivity contribution is 6.16. The molecule has 0 aliphatic heterocycles. The molecule has 0 bridgehead atoms. The van der Waals surface area contributed by atoms with E-state index in [0.29, 0.717) is 17.5 Å². The third-order valence-electron chi connectivity index (χ3n) is 9.11. The lowest BCUT2D eigenvalue weighted by Crippen LogP contribution is -2.00. The van der Waals surface area contributed by atoms with Crippen LogP contribution in [0.2, 0.25) is 0 Å². The maximum atomic E-state index is 6.48. The van der Waals surface area contributed by atoms with Crippen LogP contribution in [0.15, 0.2) is 160 Å². The first-order valence-corrected chi connectivity index (χ1v) is 15.9. The van der Waals surface area contributed by atoms with Crippen molar-refractivity contribution < 1.29 is 8.83 Å². The van der Waals surface area contributed by atoms with E-state index in [0.717, 1.165) is 82.5 Å². The molecule has 7 aromatic carbocycles. The second-order valence-electron chi connectivity index (χ2n) is 12.0. The van der Waals surface area contributed by atoms with Crippen LogP contribution in [-0.2, 0) is 0 Å². The summed E-state index contributed by atoms with van der Waals surface area (Å²) in [4.78, 5) is 14.9. The Morgan fingerprint density at radius 3 is 1.65 bits per heavy atom. The van der Waals surface area contributed by atoms with Crippen LogP contribution >= 0.6 is 0 Å². The molecule has 0 radical (unpaired) electrons. The summed E-state index contributed by atoms with van der Waals surface area (Å²) in [7, 11) is 0. The van der Waals surface area contributed by atoms with Crippen molar-refractivity contribution in [1.82, 2.24) is 15.0 Å². The monoisotopic (exact) mass is 615 g/mol. The van der Waals surface area contributed by atoms with Crippen LogP contribution in [0.25, 0.3) is 99.9 Å². The van der Waals surface area contributed by atoms with E-state index >= 15 is 0 Å². The molecule has 0 fully saturated rings. The molecule has 0 unspecified atom stereocenters. The summed E-state index contributed by atoms with van der Waals surface area (Å²) in [6, 6.07) is 51.6. The van der Waals surface area contributed by atoms with E-state index in [1.165, 1.54) is 0 Å². The summed E-state index contributed by atoms with van der Waals surface area (Å²) in [5.74, 6) is 1.85. The molecule has 5 nitrogen and oxygen atoms in total. The van der Waals surface area contributed by atoms with Crippen molar-refractivity contribution in [3.63, 3.8) is 0 Å². The topological polar surface area (TPSA) is 65.0 Å². The van der Waals surface area contributed by atoms with Crippen LogP contribution in [0.4, 0.5) is 0 Å². The lowest BCUT2D eigenvalue weighted by Gasteiger charge is -2.09. The number of fused-ring (bicyclic) bond motifs is 7. The maximum absolute atomic E-state index is 6.48. The van der Waals surface area contributed by atoms with Crippen molar-refractivity contribution in [2.24, 2.45) is 0 Å². The Hall–Kier alpha value is -6.59. The van der Waals surface area contributed by atoms with Crippen LogP contribution < -0.4 is 0 Å². The lowest BCUT2D eigenvalue weighted by molar-refractivity contribution is 0.669. The summed E-state index contributed by atoms with van der Waals surface area (Å²) in [6.45, 7) is 0. The van der Waals surface area contributed by atoms with Crippen LogP contribution in [0, 0.1) is 0 Å². The lowest BCUT2D eigenvalue weighted by atomic mass is 9.96. The fraction of sp³-hybridized carbons (Fsp3) is 0. The molecule has 0 aliphatic carbocycles. The van der Waals surface area contributed by atoms with Gasteiger partial charge in [0.15, 0.2) is 17.5 Å². The van der Waals surface area contributed by atoms with Gasteiger partial charge in [0.1, 0.15) is 22.3 Å². The first-order valence-electron chi connectivity index (χ1n) is 15.9. The molecule has 224 valence electrons. The second kappa shape index (κ2) is 10.5. The molecule has 0 aliphatic rings. The minimum Gasteiger partial charge on any atom is -0.456 e. The number of furan rings is 2. The van der Waals surface area contributed by atoms with Crippen LogP contribution in [0.3, 0.4) is 0 Å².